The molecule has 3 aromatic heterocycles. The van der Waals surface area contributed by atoms with Crippen LogP contribution in [0.2, 0.25) is 5.02 Å². The maximum absolute atomic E-state index is 6.39. The Kier molecular flexibility index (Phi) is 5.34. The van der Waals surface area contributed by atoms with Gasteiger partial charge in [0.1, 0.15) is 6.61 Å². The zero-order chi connectivity index (χ0) is 23.1. The number of imidazole rings is 1. The molecule has 2 aromatic carbocycles. The van der Waals surface area contributed by atoms with E-state index in [0.717, 1.165) is 57.7 Å². The van der Waals surface area contributed by atoms with E-state index in [4.69, 9.17) is 21.3 Å². The number of halogens is 1. The highest BCUT2D eigenvalue weighted by molar-refractivity contribution is 6.30. The number of nitrogens with one attached hydrogen (secondary N) is 1. The van der Waals surface area contributed by atoms with Crippen molar-refractivity contribution in [3.8, 4) is 17.1 Å². The number of ether oxygens (including phenoxy) is 1. The molecule has 0 aliphatic heterocycles. The lowest BCUT2D eigenvalue weighted by molar-refractivity contribution is 0.294. The van der Waals surface area contributed by atoms with Crippen LogP contribution in [0.15, 0.2) is 73.3 Å². The summed E-state index contributed by atoms with van der Waals surface area (Å²) in [5, 5.41) is 1.85. The largest absolute Gasteiger partial charge is 0.473 e. The fourth-order valence-corrected chi connectivity index (χ4v) is 5.25. The first-order valence-electron chi connectivity index (χ1n) is 11.6. The van der Waals surface area contributed by atoms with E-state index in [9.17, 15) is 0 Å². The lowest BCUT2D eigenvalue weighted by Gasteiger charge is -2.28. The highest BCUT2D eigenvalue weighted by Crippen LogP contribution is 2.40. The molecule has 5 nitrogen and oxygen atoms in total. The Hall–Kier alpha value is -3.57. The second kappa shape index (κ2) is 8.65. The molecule has 1 aliphatic carbocycles. The van der Waals surface area contributed by atoms with Crippen molar-refractivity contribution in [3.63, 3.8) is 0 Å². The second-order valence-corrected chi connectivity index (χ2v) is 9.32. The number of hydrogen-bond acceptors (Lipinski definition) is 3. The van der Waals surface area contributed by atoms with Gasteiger partial charge in [0.15, 0.2) is 0 Å². The summed E-state index contributed by atoms with van der Waals surface area (Å²) in [7, 11) is 0. The number of hydrogen-bond donors (Lipinski definition) is 1. The van der Waals surface area contributed by atoms with Crippen molar-refractivity contribution in [2.24, 2.45) is 0 Å². The average molecular weight is 469 g/mol. The zero-order valence-electron chi connectivity index (χ0n) is 19.0. The molecule has 170 valence electrons. The molecule has 0 saturated heterocycles. The number of fused-ring (bicyclic) bond motifs is 2. The molecule has 1 unspecified atom stereocenters. The van der Waals surface area contributed by atoms with Crippen LogP contribution in [-0.2, 0) is 13.0 Å². The molecule has 0 fully saturated rings. The standard InChI is InChI=1S/C28H25ClN4O/c1-18-28(33(17-32-18)26-9-5-8-20-10-11-21(29)12-22(20)26)24-14-30-25-15-31-27(13-23(24)25)34-16-19-6-3-2-4-7-19/h2-4,6-7,10-15,17,26,30H,5,8-9,16H2,1H3. The molecule has 3 heterocycles. The summed E-state index contributed by atoms with van der Waals surface area (Å²) < 4.78 is 8.33. The van der Waals surface area contributed by atoms with E-state index in [1.807, 2.05) is 42.9 Å². The van der Waals surface area contributed by atoms with Crippen LogP contribution in [0.3, 0.4) is 0 Å². The third-order valence-electron chi connectivity index (χ3n) is 6.73. The Bertz CT molecular complexity index is 1470. The van der Waals surface area contributed by atoms with Gasteiger partial charge in [0.25, 0.3) is 0 Å². The van der Waals surface area contributed by atoms with Gasteiger partial charge < -0.3 is 14.3 Å². The van der Waals surface area contributed by atoms with E-state index in [2.05, 4.69) is 51.9 Å². The molecule has 6 rings (SSSR count). The fraction of sp³-hybridized carbons (Fsp3) is 0.214. The van der Waals surface area contributed by atoms with Crippen LogP contribution in [0.5, 0.6) is 5.88 Å². The molecule has 0 saturated carbocycles. The van der Waals surface area contributed by atoms with E-state index in [1.54, 1.807) is 0 Å². The number of H-pyrrole nitrogens is 1. The van der Waals surface area contributed by atoms with Gasteiger partial charge in [0, 0.05) is 28.2 Å². The smallest absolute Gasteiger partial charge is 0.214 e. The van der Waals surface area contributed by atoms with Crippen molar-refractivity contribution in [1.29, 1.82) is 0 Å². The van der Waals surface area contributed by atoms with Crippen LogP contribution in [0.1, 0.15) is 41.3 Å². The number of aromatic nitrogens is 4. The summed E-state index contributed by atoms with van der Waals surface area (Å²) in [6.07, 6.45) is 9.15. The van der Waals surface area contributed by atoms with Gasteiger partial charge in [-0.2, -0.15) is 0 Å². The van der Waals surface area contributed by atoms with Crippen molar-refractivity contribution < 1.29 is 4.74 Å². The van der Waals surface area contributed by atoms with Gasteiger partial charge in [0.05, 0.1) is 35.5 Å². The maximum Gasteiger partial charge on any atom is 0.214 e. The van der Waals surface area contributed by atoms with Crippen molar-refractivity contribution in [2.45, 2.75) is 38.8 Å². The van der Waals surface area contributed by atoms with Crippen LogP contribution >= 0.6 is 11.6 Å². The predicted octanol–water partition coefficient (Wildman–Crippen LogP) is 6.89. The predicted molar refractivity (Wildman–Crippen MR) is 135 cm³/mol. The first-order valence-corrected chi connectivity index (χ1v) is 12.0. The fourth-order valence-electron chi connectivity index (χ4n) is 5.07. The van der Waals surface area contributed by atoms with Gasteiger partial charge in [-0.15, -0.1) is 0 Å². The summed E-state index contributed by atoms with van der Waals surface area (Å²) in [5.41, 5.74) is 7.97. The Morgan fingerprint density at radius 2 is 2.00 bits per heavy atom. The number of nitrogens with zero attached hydrogens (tertiary/aromatic N) is 3. The van der Waals surface area contributed by atoms with E-state index in [-0.39, 0.29) is 6.04 Å². The van der Waals surface area contributed by atoms with Gasteiger partial charge in [-0.1, -0.05) is 48.0 Å². The minimum absolute atomic E-state index is 0.208. The number of benzene rings is 2. The first-order chi connectivity index (χ1) is 16.7. The third-order valence-corrected chi connectivity index (χ3v) is 6.96. The molecule has 34 heavy (non-hydrogen) atoms. The van der Waals surface area contributed by atoms with E-state index < -0.39 is 0 Å². The molecular formula is C28H25ClN4O. The van der Waals surface area contributed by atoms with Crippen LogP contribution < -0.4 is 4.74 Å². The molecule has 1 atom stereocenters. The molecule has 5 aromatic rings. The molecule has 6 heteroatoms. The average Bonchev–Trinajstić information content (AvgIpc) is 3.45. The summed E-state index contributed by atoms with van der Waals surface area (Å²) in [6.45, 7) is 2.55. The van der Waals surface area contributed by atoms with Crippen molar-refractivity contribution >= 4 is 22.5 Å². The minimum Gasteiger partial charge on any atom is -0.473 e. The van der Waals surface area contributed by atoms with E-state index in [0.29, 0.717) is 12.5 Å². The number of rotatable bonds is 5. The lowest BCUT2D eigenvalue weighted by atomic mass is 9.87. The Labute approximate surface area is 203 Å². The topological polar surface area (TPSA) is 55.7 Å². The summed E-state index contributed by atoms with van der Waals surface area (Å²) in [5.74, 6) is 0.607. The molecule has 0 spiro atoms. The van der Waals surface area contributed by atoms with Gasteiger partial charge in [-0.25, -0.2) is 9.97 Å². The van der Waals surface area contributed by atoms with E-state index >= 15 is 0 Å². The highest BCUT2D eigenvalue weighted by Gasteiger charge is 2.26. The number of pyridine rings is 1. The minimum atomic E-state index is 0.208. The lowest BCUT2D eigenvalue weighted by Crippen LogP contribution is -2.17. The quantitative estimate of drug-likeness (QED) is 0.305. The van der Waals surface area contributed by atoms with Crippen LogP contribution in [0, 0.1) is 6.92 Å². The monoisotopic (exact) mass is 468 g/mol. The van der Waals surface area contributed by atoms with Gasteiger partial charge in [-0.05, 0) is 55.0 Å². The molecule has 1 aliphatic rings. The summed E-state index contributed by atoms with van der Waals surface area (Å²) in [4.78, 5) is 12.6. The molecule has 0 radical (unpaired) electrons. The Morgan fingerprint density at radius 3 is 2.88 bits per heavy atom. The van der Waals surface area contributed by atoms with Crippen molar-refractivity contribution in [2.75, 3.05) is 0 Å². The second-order valence-electron chi connectivity index (χ2n) is 8.88. The zero-order valence-corrected chi connectivity index (χ0v) is 19.7. The van der Waals surface area contributed by atoms with Gasteiger partial charge >= 0.3 is 0 Å². The van der Waals surface area contributed by atoms with Gasteiger partial charge in [0.2, 0.25) is 5.88 Å². The Balaban J connectivity index is 1.40. The molecule has 0 bridgehead atoms. The maximum atomic E-state index is 6.39. The third kappa shape index (κ3) is 3.76. The number of aromatic amines is 1. The van der Waals surface area contributed by atoms with Crippen molar-refractivity contribution in [1.82, 2.24) is 19.5 Å². The van der Waals surface area contributed by atoms with Crippen LogP contribution in [0.4, 0.5) is 0 Å². The van der Waals surface area contributed by atoms with Gasteiger partial charge in [-0.3, -0.25) is 0 Å². The summed E-state index contributed by atoms with van der Waals surface area (Å²) in [6, 6.07) is 18.6. The number of aryl methyl sites for hydroxylation is 2. The Morgan fingerprint density at radius 1 is 1.12 bits per heavy atom. The van der Waals surface area contributed by atoms with Crippen LogP contribution in [-0.4, -0.2) is 19.5 Å². The SMILES string of the molecule is Cc1ncn(C2CCCc3ccc(Cl)cc32)c1-c1c[nH]c2cnc(OCc3ccccc3)cc12. The highest BCUT2D eigenvalue weighted by atomic mass is 35.5. The molecule has 0 amide bonds. The molecular weight excluding hydrogens is 444 g/mol. The molecule has 1 N–H and O–H groups in total. The van der Waals surface area contributed by atoms with Crippen LogP contribution in [0.25, 0.3) is 22.2 Å². The first kappa shape index (κ1) is 21.0. The summed E-state index contributed by atoms with van der Waals surface area (Å²) >= 11 is 6.39. The van der Waals surface area contributed by atoms with Crippen molar-refractivity contribution in [3.05, 3.63) is 101 Å². The normalized spacial score (nSPS) is 15.4. The van der Waals surface area contributed by atoms with E-state index in [1.165, 1.54) is 11.1 Å².